The summed E-state index contributed by atoms with van der Waals surface area (Å²) in [6, 6.07) is 0. The predicted octanol–water partition coefficient (Wildman–Crippen LogP) is 6.75. The van der Waals surface area contributed by atoms with Crippen molar-refractivity contribution >= 4 is 0 Å². The molecule has 0 radical (unpaired) electrons. The van der Waals surface area contributed by atoms with Gasteiger partial charge in [0.05, 0.1) is 11.7 Å². The molecule has 4 rings (SSSR count). The van der Waals surface area contributed by atoms with Gasteiger partial charge in [-0.05, 0) is 117 Å². The first kappa shape index (κ1) is 22.8. The zero-order chi connectivity index (χ0) is 21.9. The standard InChI is InChI=1S/C28H48O2/c1-18(2)28(6,30)16-11-19(3)23-9-10-24-22-8-7-20-17-21(29)12-14-26(20,4)25(22)13-15-27(23,24)5/h7,18-19,21-25,29-30H,8-17H2,1-6H3/t19-,21+,22+,23-,24+,25+,26+,27-,28-/m1/s1. The van der Waals surface area contributed by atoms with Crippen LogP contribution in [0, 0.1) is 46.3 Å². The van der Waals surface area contributed by atoms with E-state index in [0.29, 0.717) is 22.7 Å². The Morgan fingerprint density at radius 3 is 2.50 bits per heavy atom. The molecule has 2 heteroatoms. The minimum atomic E-state index is -0.532. The van der Waals surface area contributed by atoms with Crippen molar-refractivity contribution in [1.29, 1.82) is 0 Å². The summed E-state index contributed by atoms with van der Waals surface area (Å²) in [5.41, 5.74) is 1.89. The Hall–Kier alpha value is -0.340. The lowest BCUT2D eigenvalue weighted by Crippen LogP contribution is -2.50. The third kappa shape index (κ3) is 3.62. The number of aliphatic hydroxyl groups excluding tert-OH is 1. The van der Waals surface area contributed by atoms with Crippen molar-refractivity contribution in [2.45, 2.75) is 117 Å². The molecule has 30 heavy (non-hydrogen) atoms. The molecule has 0 unspecified atom stereocenters. The van der Waals surface area contributed by atoms with E-state index in [0.717, 1.165) is 49.4 Å². The molecular formula is C28H48O2. The van der Waals surface area contributed by atoms with Crippen LogP contribution in [0.5, 0.6) is 0 Å². The normalized spacial score (nSPS) is 46.4. The van der Waals surface area contributed by atoms with E-state index < -0.39 is 5.60 Å². The highest BCUT2D eigenvalue weighted by Crippen LogP contribution is 2.67. The van der Waals surface area contributed by atoms with Crippen molar-refractivity contribution in [3.63, 3.8) is 0 Å². The zero-order valence-electron chi connectivity index (χ0n) is 20.6. The highest BCUT2D eigenvalue weighted by atomic mass is 16.3. The second-order valence-electron chi connectivity index (χ2n) is 12.9. The first-order chi connectivity index (χ1) is 14.0. The summed E-state index contributed by atoms with van der Waals surface area (Å²) in [6.07, 6.45) is 14.5. The highest BCUT2D eigenvalue weighted by Gasteiger charge is 2.59. The van der Waals surface area contributed by atoms with Crippen LogP contribution >= 0.6 is 0 Å². The van der Waals surface area contributed by atoms with Crippen molar-refractivity contribution in [1.82, 2.24) is 0 Å². The van der Waals surface area contributed by atoms with Crippen molar-refractivity contribution in [2.24, 2.45) is 46.3 Å². The van der Waals surface area contributed by atoms with Gasteiger partial charge in [0.2, 0.25) is 0 Å². The van der Waals surface area contributed by atoms with Gasteiger partial charge in [-0.15, -0.1) is 0 Å². The van der Waals surface area contributed by atoms with Gasteiger partial charge < -0.3 is 10.2 Å². The molecule has 0 heterocycles. The summed E-state index contributed by atoms with van der Waals surface area (Å²) < 4.78 is 0. The number of hydrogen-bond donors (Lipinski definition) is 2. The molecule has 4 aliphatic carbocycles. The second-order valence-corrected chi connectivity index (χ2v) is 12.9. The van der Waals surface area contributed by atoms with Crippen LogP contribution < -0.4 is 0 Å². The number of allylic oxidation sites excluding steroid dienone is 1. The highest BCUT2D eigenvalue weighted by molar-refractivity contribution is 5.25. The number of fused-ring (bicyclic) bond motifs is 5. The minimum Gasteiger partial charge on any atom is -0.393 e. The fourth-order valence-electron chi connectivity index (χ4n) is 8.63. The summed E-state index contributed by atoms with van der Waals surface area (Å²) in [7, 11) is 0. The van der Waals surface area contributed by atoms with Crippen molar-refractivity contribution < 1.29 is 10.2 Å². The van der Waals surface area contributed by atoms with Crippen molar-refractivity contribution in [2.75, 3.05) is 0 Å². The monoisotopic (exact) mass is 416 g/mol. The fourth-order valence-corrected chi connectivity index (χ4v) is 8.63. The van der Waals surface area contributed by atoms with E-state index in [2.05, 4.69) is 40.7 Å². The SMILES string of the molecule is CC(C)[C@](C)(O)CC[C@@H](C)[C@H]1CC[C@H]2[C@@H]3CC=C4C[C@@H](O)CC[C@]4(C)[C@H]3CC[C@]12C. The zero-order valence-corrected chi connectivity index (χ0v) is 20.6. The molecule has 0 saturated heterocycles. The van der Waals surface area contributed by atoms with E-state index in [-0.39, 0.29) is 6.10 Å². The Labute approximate surface area is 185 Å². The molecule has 0 aromatic carbocycles. The van der Waals surface area contributed by atoms with Gasteiger partial charge >= 0.3 is 0 Å². The first-order valence-electron chi connectivity index (χ1n) is 13.1. The van der Waals surface area contributed by atoms with Crippen LogP contribution in [0.15, 0.2) is 11.6 Å². The molecule has 3 saturated carbocycles. The van der Waals surface area contributed by atoms with E-state index in [1.807, 2.05) is 6.92 Å². The molecule has 0 amide bonds. The summed E-state index contributed by atoms with van der Waals surface area (Å²) >= 11 is 0. The number of hydrogen-bond acceptors (Lipinski definition) is 2. The average molecular weight is 417 g/mol. The average Bonchev–Trinajstić information content (AvgIpc) is 3.04. The molecule has 0 aromatic rings. The molecule has 2 N–H and O–H groups in total. The summed E-state index contributed by atoms with van der Waals surface area (Å²) in [5.74, 6) is 4.40. The van der Waals surface area contributed by atoms with Gasteiger partial charge in [-0.1, -0.05) is 46.3 Å². The summed E-state index contributed by atoms with van der Waals surface area (Å²) in [6.45, 7) is 14.0. The maximum absolute atomic E-state index is 10.8. The van der Waals surface area contributed by atoms with Crippen molar-refractivity contribution in [3.05, 3.63) is 11.6 Å². The smallest absolute Gasteiger partial charge is 0.0642 e. The topological polar surface area (TPSA) is 40.5 Å². The summed E-state index contributed by atoms with van der Waals surface area (Å²) in [4.78, 5) is 0. The lowest BCUT2D eigenvalue weighted by molar-refractivity contribution is -0.0600. The molecule has 4 aliphatic rings. The maximum atomic E-state index is 10.8. The lowest BCUT2D eigenvalue weighted by atomic mass is 9.47. The van der Waals surface area contributed by atoms with Crippen molar-refractivity contribution in [3.8, 4) is 0 Å². The van der Waals surface area contributed by atoms with E-state index in [1.54, 1.807) is 5.57 Å². The third-order valence-corrected chi connectivity index (χ3v) is 11.2. The van der Waals surface area contributed by atoms with E-state index in [1.165, 1.54) is 38.5 Å². The molecule has 0 bridgehead atoms. The Morgan fingerprint density at radius 2 is 1.80 bits per heavy atom. The van der Waals surface area contributed by atoms with Crippen LogP contribution in [-0.2, 0) is 0 Å². The Kier molecular flexibility index (Phi) is 6.02. The molecule has 2 nitrogen and oxygen atoms in total. The number of rotatable bonds is 5. The van der Waals surface area contributed by atoms with Gasteiger partial charge in [0.25, 0.3) is 0 Å². The Morgan fingerprint density at radius 1 is 1.07 bits per heavy atom. The molecular weight excluding hydrogens is 368 g/mol. The molecule has 9 atom stereocenters. The second kappa shape index (κ2) is 7.91. The molecule has 0 spiro atoms. The van der Waals surface area contributed by atoms with E-state index >= 15 is 0 Å². The van der Waals surface area contributed by atoms with Crippen LogP contribution in [-0.4, -0.2) is 21.9 Å². The lowest BCUT2D eigenvalue weighted by Gasteiger charge is -2.58. The van der Waals surface area contributed by atoms with Crippen LogP contribution in [0.3, 0.4) is 0 Å². The van der Waals surface area contributed by atoms with Gasteiger partial charge in [-0.3, -0.25) is 0 Å². The van der Waals surface area contributed by atoms with Gasteiger partial charge in [0.1, 0.15) is 0 Å². The van der Waals surface area contributed by atoms with E-state index in [4.69, 9.17) is 0 Å². The molecule has 3 fully saturated rings. The molecule has 0 aliphatic heterocycles. The van der Waals surface area contributed by atoms with Gasteiger partial charge in [-0.25, -0.2) is 0 Å². The van der Waals surface area contributed by atoms with Crippen LogP contribution in [0.2, 0.25) is 0 Å². The fraction of sp³-hybridized carbons (Fsp3) is 0.929. The largest absolute Gasteiger partial charge is 0.393 e. The Bertz CT molecular complexity index is 664. The number of aliphatic hydroxyl groups is 2. The quantitative estimate of drug-likeness (QED) is 0.487. The molecule has 172 valence electrons. The maximum Gasteiger partial charge on any atom is 0.0642 e. The van der Waals surface area contributed by atoms with Crippen LogP contribution in [0.1, 0.15) is 106 Å². The predicted molar refractivity (Wildman–Crippen MR) is 125 cm³/mol. The van der Waals surface area contributed by atoms with E-state index in [9.17, 15) is 10.2 Å². The van der Waals surface area contributed by atoms with Gasteiger partial charge in [0.15, 0.2) is 0 Å². The van der Waals surface area contributed by atoms with Crippen LogP contribution in [0.25, 0.3) is 0 Å². The van der Waals surface area contributed by atoms with Gasteiger partial charge in [-0.2, -0.15) is 0 Å². The summed E-state index contributed by atoms with van der Waals surface area (Å²) in [5, 5.41) is 21.0. The third-order valence-electron chi connectivity index (χ3n) is 11.2. The minimum absolute atomic E-state index is 0.102. The Balaban J connectivity index is 1.49. The first-order valence-corrected chi connectivity index (χ1v) is 13.1. The molecule has 0 aromatic heterocycles. The van der Waals surface area contributed by atoms with Crippen LogP contribution in [0.4, 0.5) is 0 Å². The van der Waals surface area contributed by atoms with Gasteiger partial charge in [0, 0.05) is 0 Å².